The number of aromatic nitrogens is 2. The predicted molar refractivity (Wildman–Crippen MR) is 51.6 cm³/mol. The normalized spacial score (nSPS) is 11.7. The lowest BCUT2D eigenvalue weighted by atomic mass is 10.2. The maximum absolute atomic E-state index is 11.0. The van der Waals surface area contributed by atoms with Crippen molar-refractivity contribution >= 4 is 17.8 Å². The molecule has 1 rings (SSSR count). The van der Waals surface area contributed by atoms with Crippen LogP contribution in [0.25, 0.3) is 5.57 Å². The predicted octanol–water partition coefficient (Wildman–Crippen LogP) is 1.86. The van der Waals surface area contributed by atoms with Crippen molar-refractivity contribution in [1.82, 2.24) is 9.97 Å². The minimum absolute atomic E-state index is 0.171. The number of rotatable bonds is 1. The molecule has 1 aromatic heterocycles. The van der Waals surface area contributed by atoms with Crippen molar-refractivity contribution in [3.05, 3.63) is 33.0 Å². The standard InChI is InChI=1S/C8H10N2OS/c1-3-5(2)6-4-7(11)10-8(12)9-6/h3-4H,1-2H3,(H2,9,10,11,12)/b5-3+. The molecule has 1 heterocycles. The van der Waals surface area contributed by atoms with Gasteiger partial charge in [0.2, 0.25) is 0 Å². The molecule has 0 aliphatic heterocycles. The molecule has 0 saturated heterocycles. The second-order valence-electron chi connectivity index (χ2n) is 2.47. The second-order valence-corrected chi connectivity index (χ2v) is 2.88. The van der Waals surface area contributed by atoms with E-state index >= 15 is 0 Å². The van der Waals surface area contributed by atoms with E-state index in [2.05, 4.69) is 9.97 Å². The SMILES string of the molecule is C/C=C(\C)c1cc(=O)[nH]c(=S)[nH]1. The Labute approximate surface area is 75.2 Å². The molecular weight excluding hydrogens is 172 g/mol. The van der Waals surface area contributed by atoms with Gasteiger partial charge in [0, 0.05) is 11.8 Å². The summed E-state index contributed by atoms with van der Waals surface area (Å²) in [7, 11) is 0. The third-order valence-electron chi connectivity index (χ3n) is 1.62. The molecule has 0 aromatic carbocycles. The molecule has 0 aliphatic rings. The summed E-state index contributed by atoms with van der Waals surface area (Å²) < 4.78 is 0.360. The van der Waals surface area contributed by atoms with Crippen LogP contribution in [-0.2, 0) is 0 Å². The Morgan fingerprint density at radius 3 is 2.75 bits per heavy atom. The summed E-state index contributed by atoms with van der Waals surface area (Å²) in [4.78, 5) is 16.3. The molecular formula is C8H10N2OS. The highest BCUT2D eigenvalue weighted by Gasteiger charge is 1.95. The van der Waals surface area contributed by atoms with Gasteiger partial charge >= 0.3 is 0 Å². The van der Waals surface area contributed by atoms with E-state index in [1.165, 1.54) is 6.07 Å². The van der Waals surface area contributed by atoms with Crippen LogP contribution in [0, 0.1) is 4.77 Å². The van der Waals surface area contributed by atoms with Gasteiger partial charge in [-0.1, -0.05) is 6.08 Å². The molecule has 0 saturated carbocycles. The summed E-state index contributed by atoms with van der Waals surface area (Å²) in [6.45, 7) is 3.83. The van der Waals surface area contributed by atoms with Crippen molar-refractivity contribution in [2.24, 2.45) is 0 Å². The summed E-state index contributed by atoms with van der Waals surface area (Å²) in [5.41, 5.74) is 1.61. The first-order valence-electron chi connectivity index (χ1n) is 3.60. The first kappa shape index (κ1) is 8.93. The maximum Gasteiger partial charge on any atom is 0.252 e. The molecule has 0 amide bonds. The van der Waals surface area contributed by atoms with Gasteiger partial charge in [-0.15, -0.1) is 0 Å². The fourth-order valence-electron chi connectivity index (χ4n) is 0.837. The van der Waals surface area contributed by atoms with E-state index < -0.39 is 0 Å². The summed E-state index contributed by atoms with van der Waals surface area (Å²) in [6, 6.07) is 1.49. The van der Waals surface area contributed by atoms with Crippen molar-refractivity contribution in [2.45, 2.75) is 13.8 Å². The lowest BCUT2D eigenvalue weighted by Gasteiger charge is -1.98. The fraction of sp³-hybridized carbons (Fsp3) is 0.250. The molecule has 1 aromatic rings. The summed E-state index contributed by atoms with van der Waals surface area (Å²) in [5, 5.41) is 0. The lowest BCUT2D eigenvalue weighted by Crippen LogP contribution is -2.07. The van der Waals surface area contributed by atoms with Crippen LogP contribution in [0.1, 0.15) is 19.5 Å². The average Bonchev–Trinajstić information content (AvgIpc) is 2.01. The number of H-pyrrole nitrogens is 2. The average molecular weight is 182 g/mol. The Morgan fingerprint density at radius 2 is 2.25 bits per heavy atom. The minimum atomic E-state index is -0.171. The fourth-order valence-corrected chi connectivity index (χ4v) is 1.05. The summed E-state index contributed by atoms with van der Waals surface area (Å²) in [6.07, 6.45) is 1.92. The van der Waals surface area contributed by atoms with Gasteiger partial charge in [-0.3, -0.25) is 9.78 Å². The third-order valence-corrected chi connectivity index (χ3v) is 1.82. The molecule has 12 heavy (non-hydrogen) atoms. The highest BCUT2D eigenvalue weighted by atomic mass is 32.1. The van der Waals surface area contributed by atoms with E-state index in [1.54, 1.807) is 0 Å². The molecule has 4 heteroatoms. The Hall–Kier alpha value is -1.16. The summed E-state index contributed by atoms with van der Waals surface area (Å²) >= 11 is 4.82. The molecule has 64 valence electrons. The van der Waals surface area contributed by atoms with E-state index in [4.69, 9.17) is 12.2 Å². The quantitative estimate of drug-likeness (QED) is 0.651. The Balaban J connectivity index is 3.37. The van der Waals surface area contributed by atoms with Crippen LogP contribution in [0.5, 0.6) is 0 Å². The minimum Gasteiger partial charge on any atom is -0.332 e. The first-order valence-corrected chi connectivity index (χ1v) is 4.01. The van der Waals surface area contributed by atoms with Gasteiger partial charge in [0.05, 0.1) is 0 Å². The highest BCUT2D eigenvalue weighted by molar-refractivity contribution is 7.71. The van der Waals surface area contributed by atoms with Crippen LogP contribution in [-0.4, -0.2) is 9.97 Å². The Kier molecular flexibility index (Phi) is 2.60. The van der Waals surface area contributed by atoms with Crippen molar-refractivity contribution in [2.75, 3.05) is 0 Å². The molecule has 0 bridgehead atoms. The van der Waals surface area contributed by atoms with Gasteiger partial charge in [0.25, 0.3) is 5.56 Å². The van der Waals surface area contributed by atoms with Crippen molar-refractivity contribution in [1.29, 1.82) is 0 Å². The number of aromatic amines is 2. The second kappa shape index (κ2) is 3.49. The molecule has 0 atom stereocenters. The zero-order chi connectivity index (χ0) is 9.14. The van der Waals surface area contributed by atoms with Crippen molar-refractivity contribution in [3.8, 4) is 0 Å². The van der Waals surface area contributed by atoms with Crippen molar-refractivity contribution < 1.29 is 0 Å². The van der Waals surface area contributed by atoms with Gasteiger partial charge in [-0.25, -0.2) is 0 Å². The molecule has 0 unspecified atom stereocenters. The Morgan fingerprint density at radius 1 is 1.58 bits per heavy atom. The molecule has 0 radical (unpaired) electrons. The maximum atomic E-state index is 11.0. The molecule has 3 nitrogen and oxygen atoms in total. The van der Waals surface area contributed by atoms with Gasteiger partial charge in [-0.05, 0) is 31.6 Å². The van der Waals surface area contributed by atoms with Crippen LogP contribution in [0.2, 0.25) is 0 Å². The van der Waals surface area contributed by atoms with Gasteiger partial charge in [-0.2, -0.15) is 0 Å². The number of allylic oxidation sites excluding steroid dienone is 2. The van der Waals surface area contributed by atoms with E-state index in [1.807, 2.05) is 19.9 Å². The van der Waals surface area contributed by atoms with E-state index in [0.29, 0.717) is 4.77 Å². The van der Waals surface area contributed by atoms with Crippen LogP contribution < -0.4 is 5.56 Å². The van der Waals surface area contributed by atoms with E-state index in [0.717, 1.165) is 11.3 Å². The van der Waals surface area contributed by atoms with Gasteiger partial charge < -0.3 is 4.98 Å². The number of nitrogens with one attached hydrogen (secondary N) is 2. The molecule has 0 fully saturated rings. The monoisotopic (exact) mass is 182 g/mol. The zero-order valence-electron chi connectivity index (χ0n) is 6.97. The zero-order valence-corrected chi connectivity index (χ0v) is 7.79. The van der Waals surface area contributed by atoms with Crippen LogP contribution in [0.4, 0.5) is 0 Å². The van der Waals surface area contributed by atoms with Crippen LogP contribution >= 0.6 is 12.2 Å². The largest absolute Gasteiger partial charge is 0.332 e. The number of hydrogen-bond donors (Lipinski definition) is 2. The lowest BCUT2D eigenvalue weighted by molar-refractivity contribution is 1.07. The Bertz CT molecular complexity index is 385. The van der Waals surface area contributed by atoms with E-state index in [9.17, 15) is 4.79 Å². The van der Waals surface area contributed by atoms with Gasteiger partial charge in [0.1, 0.15) is 0 Å². The van der Waals surface area contributed by atoms with Crippen molar-refractivity contribution in [3.63, 3.8) is 0 Å². The molecule has 2 N–H and O–H groups in total. The smallest absolute Gasteiger partial charge is 0.252 e. The van der Waals surface area contributed by atoms with E-state index in [-0.39, 0.29) is 5.56 Å². The highest BCUT2D eigenvalue weighted by Crippen LogP contribution is 2.06. The summed E-state index contributed by atoms with van der Waals surface area (Å²) in [5.74, 6) is 0. The number of hydrogen-bond acceptors (Lipinski definition) is 2. The van der Waals surface area contributed by atoms with Gasteiger partial charge in [0.15, 0.2) is 4.77 Å². The topological polar surface area (TPSA) is 48.6 Å². The van der Waals surface area contributed by atoms with Crippen LogP contribution in [0.3, 0.4) is 0 Å². The first-order chi connectivity index (χ1) is 5.63. The third kappa shape index (κ3) is 1.92. The molecule has 0 spiro atoms. The van der Waals surface area contributed by atoms with Crippen LogP contribution in [0.15, 0.2) is 16.9 Å². The molecule has 0 aliphatic carbocycles.